The van der Waals surface area contributed by atoms with Crippen LogP contribution in [0.5, 0.6) is 0 Å². The second kappa shape index (κ2) is 7.74. The molecule has 7 nitrogen and oxygen atoms in total. The number of hydrogen-bond acceptors (Lipinski definition) is 5. The fraction of sp³-hybridized carbons (Fsp3) is 0.150. The van der Waals surface area contributed by atoms with Crippen molar-refractivity contribution in [3.8, 4) is 0 Å². The van der Waals surface area contributed by atoms with Crippen LogP contribution in [0.3, 0.4) is 0 Å². The van der Waals surface area contributed by atoms with Gasteiger partial charge >= 0.3 is 0 Å². The van der Waals surface area contributed by atoms with E-state index in [0.29, 0.717) is 11.4 Å². The van der Waals surface area contributed by atoms with E-state index < -0.39 is 4.92 Å². The number of rotatable bonds is 6. The molecule has 7 heteroatoms. The quantitative estimate of drug-likeness (QED) is 0.513. The van der Waals surface area contributed by atoms with Gasteiger partial charge in [0, 0.05) is 24.4 Å². The predicted molar refractivity (Wildman–Crippen MR) is 102 cm³/mol. The summed E-state index contributed by atoms with van der Waals surface area (Å²) in [5.41, 5.74) is 1.13. The van der Waals surface area contributed by atoms with Gasteiger partial charge in [0.1, 0.15) is 17.2 Å². The Kier molecular flexibility index (Phi) is 5.21. The fourth-order valence-corrected chi connectivity index (χ4v) is 2.69. The standard InChI is InChI=1S/C20H19N3O4/c1-14-8-10-17(27-14)13-22(2)20(24)15-9-11-18(19(12-15)23(25)26)21-16-6-4-3-5-7-16/h3-12,21H,13H2,1-2H3. The van der Waals surface area contributed by atoms with Gasteiger partial charge in [0.2, 0.25) is 0 Å². The van der Waals surface area contributed by atoms with Gasteiger partial charge in [0.25, 0.3) is 11.6 Å². The van der Waals surface area contributed by atoms with Crippen molar-refractivity contribution < 1.29 is 14.1 Å². The monoisotopic (exact) mass is 365 g/mol. The molecule has 0 saturated carbocycles. The molecule has 1 N–H and O–H groups in total. The molecule has 3 aromatic rings. The Morgan fingerprint density at radius 1 is 1.15 bits per heavy atom. The number of benzene rings is 2. The molecule has 0 atom stereocenters. The Bertz CT molecular complexity index is 966. The van der Waals surface area contributed by atoms with Gasteiger partial charge in [-0.3, -0.25) is 14.9 Å². The van der Waals surface area contributed by atoms with Crippen LogP contribution in [0.25, 0.3) is 0 Å². The number of nitrogens with one attached hydrogen (secondary N) is 1. The third-order valence-electron chi connectivity index (χ3n) is 4.03. The van der Waals surface area contributed by atoms with E-state index >= 15 is 0 Å². The molecule has 1 aromatic heterocycles. The van der Waals surface area contributed by atoms with Crippen molar-refractivity contribution in [3.05, 3.63) is 87.9 Å². The highest BCUT2D eigenvalue weighted by Crippen LogP contribution is 2.29. The molecule has 0 saturated heterocycles. The minimum Gasteiger partial charge on any atom is -0.464 e. The third-order valence-corrected chi connectivity index (χ3v) is 4.03. The van der Waals surface area contributed by atoms with Crippen LogP contribution >= 0.6 is 0 Å². The first-order valence-electron chi connectivity index (χ1n) is 8.35. The number of aryl methyl sites for hydroxylation is 1. The van der Waals surface area contributed by atoms with Crippen LogP contribution < -0.4 is 5.32 Å². The summed E-state index contributed by atoms with van der Waals surface area (Å²) in [5, 5.41) is 14.5. The molecular formula is C20H19N3O4. The smallest absolute Gasteiger partial charge is 0.293 e. The lowest BCUT2D eigenvalue weighted by molar-refractivity contribution is -0.383. The lowest BCUT2D eigenvalue weighted by Crippen LogP contribution is -2.26. The number of nitro benzene ring substituents is 1. The zero-order valence-electron chi connectivity index (χ0n) is 15.0. The summed E-state index contributed by atoms with van der Waals surface area (Å²) >= 11 is 0. The molecule has 138 valence electrons. The number of hydrogen-bond donors (Lipinski definition) is 1. The summed E-state index contributed by atoms with van der Waals surface area (Å²) in [6.07, 6.45) is 0. The van der Waals surface area contributed by atoms with Gasteiger partial charge in [-0.05, 0) is 43.3 Å². The maximum absolute atomic E-state index is 12.6. The van der Waals surface area contributed by atoms with E-state index in [-0.39, 0.29) is 23.7 Å². The first-order chi connectivity index (χ1) is 12.9. The van der Waals surface area contributed by atoms with E-state index in [1.54, 1.807) is 25.2 Å². The Hall–Kier alpha value is -3.61. The van der Waals surface area contributed by atoms with Crippen molar-refractivity contribution in [1.82, 2.24) is 4.90 Å². The average Bonchev–Trinajstić information content (AvgIpc) is 3.06. The zero-order valence-corrected chi connectivity index (χ0v) is 15.0. The molecule has 3 rings (SSSR count). The second-order valence-electron chi connectivity index (χ2n) is 6.15. The first kappa shape index (κ1) is 18.2. The van der Waals surface area contributed by atoms with Gasteiger partial charge in [0.05, 0.1) is 11.5 Å². The molecule has 0 radical (unpaired) electrons. The molecular weight excluding hydrogens is 346 g/mol. The van der Waals surface area contributed by atoms with Crippen LogP contribution in [-0.4, -0.2) is 22.8 Å². The SMILES string of the molecule is Cc1ccc(CN(C)C(=O)c2ccc(Nc3ccccc3)c([N+](=O)[O-])c2)o1. The molecule has 1 amide bonds. The van der Waals surface area contributed by atoms with Crippen molar-refractivity contribution in [2.24, 2.45) is 0 Å². The molecule has 1 heterocycles. The summed E-state index contributed by atoms with van der Waals surface area (Å²) < 4.78 is 5.48. The summed E-state index contributed by atoms with van der Waals surface area (Å²) in [6, 6.07) is 17.2. The Balaban J connectivity index is 1.82. The molecule has 0 aliphatic carbocycles. The number of anilines is 2. The van der Waals surface area contributed by atoms with Crippen LogP contribution in [0.4, 0.5) is 17.1 Å². The first-order valence-corrected chi connectivity index (χ1v) is 8.35. The number of carbonyl (C=O) groups excluding carboxylic acids is 1. The fourth-order valence-electron chi connectivity index (χ4n) is 2.69. The maximum atomic E-state index is 12.6. The number of amides is 1. The molecule has 0 aliphatic rings. The van der Waals surface area contributed by atoms with E-state index in [2.05, 4.69) is 5.32 Å². The number of furan rings is 1. The lowest BCUT2D eigenvalue weighted by atomic mass is 10.1. The van der Waals surface area contributed by atoms with Crippen LogP contribution in [-0.2, 0) is 6.54 Å². The summed E-state index contributed by atoms with van der Waals surface area (Å²) in [4.78, 5) is 25.1. The Morgan fingerprint density at radius 3 is 2.52 bits per heavy atom. The molecule has 0 fully saturated rings. The highest BCUT2D eigenvalue weighted by atomic mass is 16.6. The topological polar surface area (TPSA) is 88.6 Å². The maximum Gasteiger partial charge on any atom is 0.293 e. The normalized spacial score (nSPS) is 10.4. The van der Waals surface area contributed by atoms with Crippen LogP contribution in [0, 0.1) is 17.0 Å². The van der Waals surface area contributed by atoms with Crippen molar-refractivity contribution in [2.45, 2.75) is 13.5 Å². The van der Waals surface area contributed by atoms with Crippen molar-refractivity contribution >= 4 is 23.0 Å². The van der Waals surface area contributed by atoms with E-state index in [0.717, 1.165) is 11.4 Å². The minimum atomic E-state index is -0.502. The van der Waals surface area contributed by atoms with Gasteiger partial charge in [-0.15, -0.1) is 0 Å². The number of para-hydroxylation sites is 1. The number of nitrogens with zero attached hydrogens (tertiary/aromatic N) is 2. The molecule has 0 aliphatic heterocycles. The van der Waals surface area contributed by atoms with Crippen LogP contribution in [0.2, 0.25) is 0 Å². The van der Waals surface area contributed by atoms with Crippen molar-refractivity contribution in [2.75, 3.05) is 12.4 Å². The van der Waals surface area contributed by atoms with Crippen molar-refractivity contribution in [3.63, 3.8) is 0 Å². The highest BCUT2D eigenvalue weighted by molar-refractivity contribution is 5.95. The molecule has 0 bridgehead atoms. The summed E-state index contributed by atoms with van der Waals surface area (Å²) in [6.45, 7) is 2.11. The van der Waals surface area contributed by atoms with Gasteiger partial charge in [-0.25, -0.2) is 0 Å². The average molecular weight is 365 g/mol. The lowest BCUT2D eigenvalue weighted by Gasteiger charge is -2.16. The second-order valence-corrected chi connectivity index (χ2v) is 6.15. The minimum absolute atomic E-state index is 0.160. The Morgan fingerprint density at radius 2 is 1.89 bits per heavy atom. The molecule has 0 unspecified atom stereocenters. The predicted octanol–water partition coefficient (Wildman–Crippen LogP) is 4.51. The van der Waals surface area contributed by atoms with Gasteiger partial charge in [-0.2, -0.15) is 0 Å². The highest BCUT2D eigenvalue weighted by Gasteiger charge is 2.20. The molecule has 2 aromatic carbocycles. The Labute approximate surface area is 156 Å². The molecule has 0 spiro atoms. The number of nitro groups is 1. The van der Waals surface area contributed by atoms with E-state index in [4.69, 9.17) is 4.42 Å². The van der Waals surface area contributed by atoms with Gasteiger partial charge < -0.3 is 14.6 Å². The van der Waals surface area contributed by atoms with E-state index in [1.807, 2.05) is 43.3 Å². The number of carbonyl (C=O) groups is 1. The zero-order chi connectivity index (χ0) is 19.4. The molecule has 27 heavy (non-hydrogen) atoms. The van der Waals surface area contributed by atoms with Crippen molar-refractivity contribution in [1.29, 1.82) is 0 Å². The summed E-state index contributed by atoms with van der Waals surface area (Å²) in [5.74, 6) is 1.09. The van der Waals surface area contributed by atoms with Crippen LogP contribution in [0.15, 0.2) is 65.1 Å². The van der Waals surface area contributed by atoms with E-state index in [1.165, 1.54) is 11.0 Å². The van der Waals surface area contributed by atoms with Gasteiger partial charge in [-0.1, -0.05) is 18.2 Å². The largest absolute Gasteiger partial charge is 0.464 e. The van der Waals surface area contributed by atoms with Crippen LogP contribution in [0.1, 0.15) is 21.9 Å². The summed E-state index contributed by atoms with van der Waals surface area (Å²) in [7, 11) is 1.63. The van der Waals surface area contributed by atoms with Gasteiger partial charge in [0.15, 0.2) is 0 Å². The third kappa shape index (κ3) is 4.33. The van der Waals surface area contributed by atoms with E-state index in [9.17, 15) is 14.9 Å².